The Bertz CT molecular complexity index is 892. The fourth-order valence-electron chi connectivity index (χ4n) is 2.35. The van der Waals surface area contributed by atoms with Crippen molar-refractivity contribution in [3.8, 4) is 11.5 Å². The molecule has 0 aliphatic carbocycles. The maximum atomic E-state index is 10.8. The number of carboxylic acids is 1. The summed E-state index contributed by atoms with van der Waals surface area (Å²) < 4.78 is 10.6. The molecule has 140 valence electrons. The average Bonchev–Trinajstić information content (AvgIpc) is 2.65. The number of benzene rings is 2. The van der Waals surface area contributed by atoms with Crippen LogP contribution in [-0.2, 0) is 11.2 Å². The van der Waals surface area contributed by atoms with Crippen molar-refractivity contribution < 1.29 is 24.3 Å². The van der Waals surface area contributed by atoms with Crippen molar-refractivity contribution in [2.24, 2.45) is 4.99 Å². The zero-order valence-electron chi connectivity index (χ0n) is 14.6. The molecule has 2 aromatic carbocycles. The molecule has 0 saturated carbocycles. The van der Waals surface area contributed by atoms with Gasteiger partial charge in [0.25, 0.3) is 5.69 Å². The van der Waals surface area contributed by atoms with Crippen LogP contribution in [0, 0.1) is 10.1 Å². The number of carbonyl (C=O) groups is 1. The Morgan fingerprint density at radius 3 is 2.78 bits per heavy atom. The normalized spacial score (nSPS) is 10.6. The monoisotopic (exact) mass is 370 g/mol. The zero-order chi connectivity index (χ0) is 19.8. The fourth-order valence-corrected chi connectivity index (χ4v) is 2.35. The minimum atomic E-state index is -1.10. The first-order valence-corrected chi connectivity index (χ1v) is 7.89. The van der Waals surface area contributed by atoms with E-state index in [2.05, 4.69) is 11.6 Å². The molecule has 27 heavy (non-hydrogen) atoms. The van der Waals surface area contributed by atoms with Gasteiger partial charge in [-0.1, -0.05) is 12.1 Å². The first-order chi connectivity index (χ1) is 12.9. The van der Waals surface area contributed by atoms with Gasteiger partial charge < -0.3 is 14.6 Å². The standard InChI is InChI=1S/C19H18N2O6/c1-3-5-14-8-13(9-17(26-2)19(14)27-12-18(22)23)11-20-15-6-4-7-16(10-15)21(24)25/h3-4,6-11H,1,5,12H2,2H3,(H,22,23). The summed E-state index contributed by atoms with van der Waals surface area (Å²) in [5.41, 5.74) is 1.73. The van der Waals surface area contributed by atoms with Crippen LogP contribution in [0.1, 0.15) is 11.1 Å². The van der Waals surface area contributed by atoms with Gasteiger partial charge in [0.2, 0.25) is 0 Å². The molecule has 0 amide bonds. The third-order valence-electron chi connectivity index (χ3n) is 3.48. The van der Waals surface area contributed by atoms with Crippen LogP contribution in [0.25, 0.3) is 0 Å². The Labute approximate surface area is 155 Å². The number of ether oxygens (including phenoxy) is 2. The van der Waals surface area contributed by atoms with Gasteiger partial charge in [0, 0.05) is 23.9 Å². The third kappa shape index (κ3) is 5.40. The van der Waals surface area contributed by atoms with E-state index < -0.39 is 17.5 Å². The predicted molar refractivity (Wildman–Crippen MR) is 100 cm³/mol. The number of aliphatic carboxylic acids is 1. The summed E-state index contributed by atoms with van der Waals surface area (Å²) in [6.07, 6.45) is 3.63. The van der Waals surface area contributed by atoms with E-state index in [1.165, 1.54) is 25.5 Å². The van der Waals surface area contributed by atoms with E-state index in [1.807, 2.05) is 0 Å². The van der Waals surface area contributed by atoms with Gasteiger partial charge in [0.15, 0.2) is 18.1 Å². The Morgan fingerprint density at radius 2 is 2.15 bits per heavy atom. The molecule has 0 aliphatic rings. The van der Waals surface area contributed by atoms with Crippen molar-refractivity contribution in [3.05, 3.63) is 70.3 Å². The first kappa shape index (κ1) is 19.6. The molecule has 8 heteroatoms. The van der Waals surface area contributed by atoms with E-state index >= 15 is 0 Å². The largest absolute Gasteiger partial charge is 0.493 e. The van der Waals surface area contributed by atoms with Gasteiger partial charge in [-0.15, -0.1) is 6.58 Å². The van der Waals surface area contributed by atoms with Gasteiger partial charge >= 0.3 is 5.97 Å². The number of non-ortho nitro benzene ring substituents is 1. The molecule has 0 aliphatic heterocycles. The van der Waals surface area contributed by atoms with Crippen LogP contribution in [0.5, 0.6) is 11.5 Å². The van der Waals surface area contributed by atoms with Crippen molar-refractivity contribution in [2.45, 2.75) is 6.42 Å². The summed E-state index contributed by atoms with van der Waals surface area (Å²) in [5, 5.41) is 19.7. The van der Waals surface area contributed by atoms with Crippen LogP contribution in [0.15, 0.2) is 54.0 Å². The van der Waals surface area contributed by atoms with Gasteiger partial charge in [-0.3, -0.25) is 15.1 Å². The molecule has 0 heterocycles. The summed E-state index contributed by atoms with van der Waals surface area (Å²) >= 11 is 0. The number of nitro benzene ring substituents is 1. The van der Waals surface area contributed by atoms with Gasteiger partial charge in [-0.2, -0.15) is 0 Å². The summed E-state index contributed by atoms with van der Waals surface area (Å²) in [5.74, 6) is -0.415. The quantitative estimate of drug-likeness (QED) is 0.313. The number of carboxylic acid groups (broad SMARTS) is 1. The number of nitrogens with zero attached hydrogens (tertiary/aromatic N) is 2. The number of aliphatic imine (C=N–C) groups is 1. The third-order valence-corrected chi connectivity index (χ3v) is 3.48. The lowest BCUT2D eigenvalue weighted by Crippen LogP contribution is -2.11. The second-order valence-corrected chi connectivity index (χ2v) is 5.42. The predicted octanol–water partition coefficient (Wildman–Crippen LogP) is 3.55. The Balaban J connectivity index is 2.37. The minimum Gasteiger partial charge on any atom is -0.493 e. The molecule has 0 bridgehead atoms. The number of hydrogen-bond donors (Lipinski definition) is 1. The van der Waals surface area contributed by atoms with E-state index in [4.69, 9.17) is 14.6 Å². The van der Waals surface area contributed by atoms with Gasteiger partial charge in [-0.25, -0.2) is 4.79 Å². The fraction of sp³-hybridized carbons (Fsp3) is 0.158. The molecule has 0 unspecified atom stereocenters. The smallest absolute Gasteiger partial charge is 0.341 e. The number of allylic oxidation sites excluding steroid dienone is 1. The topological polar surface area (TPSA) is 111 Å². The van der Waals surface area contributed by atoms with E-state index in [9.17, 15) is 14.9 Å². The number of hydrogen-bond acceptors (Lipinski definition) is 6. The highest BCUT2D eigenvalue weighted by molar-refractivity contribution is 5.84. The number of methoxy groups -OCH3 is 1. The molecular formula is C19H18N2O6. The van der Waals surface area contributed by atoms with Gasteiger partial charge in [0.05, 0.1) is 17.7 Å². The number of rotatable bonds is 9. The first-order valence-electron chi connectivity index (χ1n) is 7.89. The molecule has 0 spiro atoms. The molecule has 8 nitrogen and oxygen atoms in total. The second kappa shape index (κ2) is 9.14. The van der Waals surface area contributed by atoms with Crippen molar-refractivity contribution in [3.63, 3.8) is 0 Å². The van der Waals surface area contributed by atoms with Crippen molar-refractivity contribution in [1.82, 2.24) is 0 Å². The summed E-state index contributed by atoms with van der Waals surface area (Å²) in [6.45, 7) is 3.19. The van der Waals surface area contributed by atoms with E-state index in [-0.39, 0.29) is 5.69 Å². The van der Waals surface area contributed by atoms with E-state index in [0.29, 0.717) is 34.7 Å². The van der Waals surface area contributed by atoms with E-state index in [1.54, 1.807) is 30.3 Å². The lowest BCUT2D eigenvalue weighted by molar-refractivity contribution is -0.384. The van der Waals surface area contributed by atoms with E-state index in [0.717, 1.165) is 0 Å². The van der Waals surface area contributed by atoms with Crippen LogP contribution < -0.4 is 9.47 Å². The Morgan fingerprint density at radius 1 is 1.37 bits per heavy atom. The SMILES string of the molecule is C=CCc1cc(C=Nc2cccc([N+](=O)[O-])c2)cc(OC)c1OCC(=O)O. The zero-order valence-corrected chi connectivity index (χ0v) is 14.6. The lowest BCUT2D eigenvalue weighted by atomic mass is 10.1. The molecule has 0 atom stereocenters. The van der Waals surface area contributed by atoms with Crippen LogP contribution >= 0.6 is 0 Å². The van der Waals surface area contributed by atoms with Crippen LogP contribution in [0.4, 0.5) is 11.4 Å². The molecular weight excluding hydrogens is 352 g/mol. The average molecular weight is 370 g/mol. The number of nitro groups is 1. The van der Waals surface area contributed by atoms with Crippen molar-refractivity contribution >= 4 is 23.6 Å². The highest BCUT2D eigenvalue weighted by Gasteiger charge is 2.14. The second-order valence-electron chi connectivity index (χ2n) is 5.42. The highest BCUT2D eigenvalue weighted by atomic mass is 16.6. The molecule has 0 saturated heterocycles. The summed E-state index contributed by atoms with van der Waals surface area (Å²) in [4.78, 5) is 25.4. The molecule has 0 fully saturated rings. The van der Waals surface area contributed by atoms with Gasteiger partial charge in [-0.05, 0) is 30.2 Å². The molecule has 2 aromatic rings. The summed E-state index contributed by atoms with van der Waals surface area (Å²) in [6, 6.07) is 9.36. The Kier molecular flexibility index (Phi) is 6.65. The van der Waals surface area contributed by atoms with Crippen molar-refractivity contribution in [1.29, 1.82) is 0 Å². The molecule has 0 aromatic heterocycles. The maximum Gasteiger partial charge on any atom is 0.341 e. The van der Waals surface area contributed by atoms with Crippen LogP contribution in [0.2, 0.25) is 0 Å². The lowest BCUT2D eigenvalue weighted by Gasteiger charge is -2.14. The van der Waals surface area contributed by atoms with Crippen LogP contribution in [0.3, 0.4) is 0 Å². The highest BCUT2D eigenvalue weighted by Crippen LogP contribution is 2.33. The summed E-state index contributed by atoms with van der Waals surface area (Å²) in [7, 11) is 1.45. The molecule has 1 N–H and O–H groups in total. The molecule has 2 rings (SSSR count). The maximum absolute atomic E-state index is 10.8. The van der Waals surface area contributed by atoms with Gasteiger partial charge in [0.1, 0.15) is 0 Å². The molecule has 0 radical (unpaired) electrons. The minimum absolute atomic E-state index is 0.0491. The van der Waals surface area contributed by atoms with Crippen LogP contribution in [-0.4, -0.2) is 35.9 Å². The Hall–Kier alpha value is -3.68. The van der Waals surface area contributed by atoms with Crippen molar-refractivity contribution in [2.75, 3.05) is 13.7 Å².